The quantitative estimate of drug-likeness (QED) is 0.407. The highest BCUT2D eigenvalue weighted by Gasteiger charge is 2.33. The number of alkyl carbamates (subject to hydrolysis) is 1. The topological polar surface area (TPSA) is 87.7 Å². The molecule has 0 heterocycles. The van der Waals surface area contributed by atoms with Gasteiger partial charge in [0, 0.05) is 12.6 Å². The highest BCUT2D eigenvalue weighted by molar-refractivity contribution is 5.90. The molecule has 1 aromatic rings. The second kappa shape index (κ2) is 14.0. The third-order valence-corrected chi connectivity index (χ3v) is 5.72. The molecule has 1 aromatic carbocycles. The smallest absolute Gasteiger partial charge is 0.408 e. The van der Waals surface area contributed by atoms with Gasteiger partial charge in [-0.05, 0) is 71.1 Å². The van der Waals surface area contributed by atoms with Crippen LogP contribution in [0.5, 0.6) is 0 Å². The van der Waals surface area contributed by atoms with E-state index in [1.807, 2.05) is 39.0 Å². The number of rotatable bonds is 12. The fourth-order valence-corrected chi connectivity index (χ4v) is 3.84. The summed E-state index contributed by atoms with van der Waals surface area (Å²) >= 11 is 0. The first-order chi connectivity index (χ1) is 15.9. The first-order valence-corrected chi connectivity index (χ1v) is 12.5. The van der Waals surface area contributed by atoms with E-state index < -0.39 is 17.7 Å². The van der Waals surface area contributed by atoms with Gasteiger partial charge in [0.2, 0.25) is 11.8 Å². The largest absolute Gasteiger partial charge is 0.444 e. The number of hydrogen-bond acceptors (Lipinski definition) is 4. The number of nitrogens with zero attached hydrogens (tertiary/aromatic N) is 1. The minimum absolute atomic E-state index is 0.00222. The van der Waals surface area contributed by atoms with E-state index in [1.54, 1.807) is 25.7 Å². The predicted octanol–water partition coefficient (Wildman–Crippen LogP) is 5.19. The molecule has 192 valence electrons. The van der Waals surface area contributed by atoms with Gasteiger partial charge < -0.3 is 20.3 Å². The van der Waals surface area contributed by atoms with Crippen molar-refractivity contribution in [3.63, 3.8) is 0 Å². The van der Waals surface area contributed by atoms with Gasteiger partial charge in [-0.2, -0.15) is 0 Å². The Morgan fingerprint density at radius 1 is 1.06 bits per heavy atom. The van der Waals surface area contributed by atoms with Crippen LogP contribution in [0.2, 0.25) is 0 Å². The third kappa shape index (κ3) is 9.74. The number of nitrogens with one attached hydrogen (secondary N) is 2. The summed E-state index contributed by atoms with van der Waals surface area (Å²) in [6.45, 7) is 15.6. The molecule has 0 aromatic heterocycles. The molecule has 0 spiro atoms. The molecule has 0 fully saturated rings. The number of ether oxygens (including phenoxy) is 1. The zero-order valence-electron chi connectivity index (χ0n) is 22.4. The van der Waals surface area contributed by atoms with Crippen LogP contribution in [0.25, 0.3) is 0 Å². The van der Waals surface area contributed by atoms with Crippen LogP contribution in [0.15, 0.2) is 18.2 Å². The minimum Gasteiger partial charge on any atom is -0.444 e. The molecular formula is C27H45N3O4. The van der Waals surface area contributed by atoms with Gasteiger partial charge in [0.25, 0.3) is 0 Å². The molecule has 1 rings (SSSR count). The molecule has 0 radical (unpaired) electrons. The minimum atomic E-state index is -0.774. The molecule has 7 nitrogen and oxygen atoms in total. The zero-order chi connectivity index (χ0) is 25.9. The third-order valence-electron chi connectivity index (χ3n) is 5.72. The number of unbranched alkanes of at least 4 members (excludes halogenated alkanes) is 2. The molecule has 34 heavy (non-hydrogen) atoms. The van der Waals surface area contributed by atoms with E-state index in [1.165, 1.54) is 0 Å². The number of benzene rings is 1. The van der Waals surface area contributed by atoms with Crippen molar-refractivity contribution in [2.24, 2.45) is 0 Å². The number of hydrogen-bond donors (Lipinski definition) is 2. The SMILES string of the molecule is CCCCCN(C(=O)CNC(=O)OC(C)(C)C)C(C(=O)NC(C)CCC)c1cccc(C)c1C. The van der Waals surface area contributed by atoms with Crippen molar-refractivity contribution in [3.8, 4) is 0 Å². The zero-order valence-corrected chi connectivity index (χ0v) is 22.4. The molecule has 7 heteroatoms. The Balaban J connectivity index is 3.29. The summed E-state index contributed by atoms with van der Waals surface area (Å²) in [5, 5.41) is 5.66. The molecular weight excluding hydrogens is 430 g/mol. The lowest BCUT2D eigenvalue weighted by molar-refractivity contribution is -0.140. The van der Waals surface area contributed by atoms with Gasteiger partial charge in [-0.1, -0.05) is 51.3 Å². The Bertz CT molecular complexity index is 817. The van der Waals surface area contributed by atoms with Crippen molar-refractivity contribution in [3.05, 3.63) is 34.9 Å². The summed E-state index contributed by atoms with van der Waals surface area (Å²) in [6, 6.07) is 5.06. The average molecular weight is 476 g/mol. The van der Waals surface area contributed by atoms with Crippen molar-refractivity contribution in [2.45, 2.75) is 105 Å². The van der Waals surface area contributed by atoms with E-state index in [4.69, 9.17) is 4.74 Å². The fraction of sp³-hybridized carbons (Fsp3) is 0.667. The average Bonchev–Trinajstić information content (AvgIpc) is 2.73. The summed E-state index contributed by atoms with van der Waals surface area (Å²) in [6.07, 6.45) is 3.86. The monoisotopic (exact) mass is 475 g/mol. The number of amides is 3. The Kier molecular flexibility index (Phi) is 12.1. The highest BCUT2D eigenvalue weighted by atomic mass is 16.6. The van der Waals surface area contributed by atoms with E-state index >= 15 is 0 Å². The first kappa shape index (κ1) is 29.5. The van der Waals surface area contributed by atoms with Gasteiger partial charge >= 0.3 is 6.09 Å². The van der Waals surface area contributed by atoms with Crippen molar-refractivity contribution >= 4 is 17.9 Å². The summed E-state index contributed by atoms with van der Waals surface area (Å²) < 4.78 is 5.27. The molecule has 0 bridgehead atoms. The van der Waals surface area contributed by atoms with Gasteiger partial charge in [-0.25, -0.2) is 4.79 Å². The maximum absolute atomic E-state index is 13.6. The molecule has 2 N–H and O–H groups in total. The number of carbonyl (C=O) groups excluding carboxylic acids is 3. The molecule has 0 saturated heterocycles. The van der Waals surface area contributed by atoms with Gasteiger partial charge in [0.05, 0.1) is 0 Å². The summed E-state index contributed by atoms with van der Waals surface area (Å²) in [4.78, 5) is 40.8. The van der Waals surface area contributed by atoms with Crippen LogP contribution in [-0.4, -0.2) is 47.5 Å². The first-order valence-electron chi connectivity index (χ1n) is 12.5. The van der Waals surface area contributed by atoms with E-state index in [0.29, 0.717) is 6.54 Å². The molecule has 0 aliphatic rings. The Labute approximate surface area is 206 Å². The second-order valence-electron chi connectivity index (χ2n) is 10.0. The van der Waals surface area contributed by atoms with E-state index in [0.717, 1.165) is 48.8 Å². The van der Waals surface area contributed by atoms with Crippen LogP contribution in [0.4, 0.5) is 4.79 Å². The standard InChI is InChI=1S/C27H45N3O4/c1-9-11-12-17-30(23(31)18-28-26(33)34-27(6,7)8)24(25(32)29-20(4)14-10-2)22-16-13-15-19(3)21(22)5/h13,15-16,20,24H,9-12,14,17-18H2,1-8H3,(H,28,33)(H,29,32). The molecule has 0 aliphatic heterocycles. The lowest BCUT2D eigenvalue weighted by Crippen LogP contribution is -2.49. The van der Waals surface area contributed by atoms with Crippen molar-refractivity contribution in [1.82, 2.24) is 15.5 Å². The molecule has 3 amide bonds. The van der Waals surface area contributed by atoms with Gasteiger partial charge in [0.15, 0.2) is 0 Å². The Hall–Kier alpha value is -2.57. The maximum Gasteiger partial charge on any atom is 0.408 e. The second-order valence-corrected chi connectivity index (χ2v) is 10.0. The Morgan fingerprint density at radius 2 is 1.74 bits per heavy atom. The normalized spacial score (nSPS) is 13.1. The summed E-state index contributed by atoms with van der Waals surface area (Å²) in [5.74, 6) is -0.511. The lowest BCUT2D eigenvalue weighted by Gasteiger charge is -2.33. The van der Waals surface area contributed by atoms with Crippen molar-refractivity contribution < 1.29 is 19.1 Å². The molecule has 0 aliphatic carbocycles. The Morgan fingerprint density at radius 3 is 2.32 bits per heavy atom. The highest BCUT2D eigenvalue weighted by Crippen LogP contribution is 2.27. The van der Waals surface area contributed by atoms with Gasteiger partial charge in [0.1, 0.15) is 18.2 Å². The van der Waals surface area contributed by atoms with Crippen molar-refractivity contribution in [1.29, 1.82) is 0 Å². The number of carbonyl (C=O) groups is 3. The molecule has 2 unspecified atom stereocenters. The van der Waals surface area contributed by atoms with Crippen molar-refractivity contribution in [2.75, 3.05) is 13.1 Å². The van der Waals surface area contributed by atoms with Crippen LogP contribution >= 0.6 is 0 Å². The molecule has 2 atom stereocenters. The van der Waals surface area contributed by atoms with Gasteiger partial charge in [-0.3, -0.25) is 9.59 Å². The van der Waals surface area contributed by atoms with Crippen LogP contribution in [0.3, 0.4) is 0 Å². The fourth-order valence-electron chi connectivity index (χ4n) is 3.84. The summed E-state index contributed by atoms with van der Waals surface area (Å²) in [7, 11) is 0. The van der Waals surface area contributed by atoms with E-state index in [9.17, 15) is 14.4 Å². The van der Waals surface area contributed by atoms with Crippen LogP contribution in [0.1, 0.15) is 96.4 Å². The van der Waals surface area contributed by atoms with E-state index in [-0.39, 0.29) is 24.4 Å². The van der Waals surface area contributed by atoms with E-state index in [2.05, 4.69) is 24.5 Å². The summed E-state index contributed by atoms with van der Waals surface area (Å²) in [5.41, 5.74) is 2.19. The van der Waals surface area contributed by atoms with Crippen LogP contribution in [-0.2, 0) is 14.3 Å². The molecule has 0 saturated carbocycles. The lowest BCUT2D eigenvalue weighted by atomic mass is 9.95. The number of aryl methyl sites for hydroxylation is 1. The van der Waals surface area contributed by atoms with Crippen LogP contribution < -0.4 is 10.6 Å². The maximum atomic E-state index is 13.6. The van der Waals surface area contributed by atoms with Gasteiger partial charge in [-0.15, -0.1) is 0 Å². The van der Waals surface area contributed by atoms with Crippen LogP contribution in [0, 0.1) is 13.8 Å². The predicted molar refractivity (Wildman–Crippen MR) is 137 cm³/mol.